The fourth-order valence-electron chi connectivity index (χ4n) is 5.02. The number of ether oxygens (including phenoxy) is 2. The van der Waals surface area contributed by atoms with E-state index in [-0.39, 0.29) is 31.1 Å². The molecule has 1 unspecified atom stereocenters. The van der Waals surface area contributed by atoms with Gasteiger partial charge >= 0.3 is 6.18 Å². The molecule has 0 aromatic heterocycles. The van der Waals surface area contributed by atoms with E-state index in [1.807, 2.05) is 13.8 Å². The number of anilines is 1. The number of fused-ring (bicyclic) bond motifs is 1. The summed E-state index contributed by atoms with van der Waals surface area (Å²) in [5.41, 5.74) is -0.161. The van der Waals surface area contributed by atoms with E-state index in [0.717, 1.165) is 11.0 Å². The van der Waals surface area contributed by atoms with Crippen molar-refractivity contribution >= 4 is 17.4 Å². The topological polar surface area (TPSA) is 55.8 Å². The monoisotopic (exact) mass is 457 g/mol. The van der Waals surface area contributed by atoms with Crippen molar-refractivity contribution in [2.45, 2.75) is 45.2 Å². The number of carbonyl (C=O) groups is 2. The standard InChI is InChI=1S/C25H22F3NO4/c1-24(2)11-18-23(19(30)12-24)15(14-7-8-20-21(9-14)33-13-32-20)10-22(31)29(18)17-6-4-3-5-16(17)25(26,27)28/h3-9,15H,10-13H2,1-2H3. The van der Waals surface area contributed by atoms with Crippen LogP contribution in [0.5, 0.6) is 11.5 Å². The summed E-state index contributed by atoms with van der Waals surface area (Å²) in [5, 5.41) is 0. The highest BCUT2D eigenvalue weighted by atomic mass is 19.4. The molecule has 3 aliphatic rings. The molecule has 8 heteroatoms. The molecule has 0 bridgehead atoms. The van der Waals surface area contributed by atoms with Gasteiger partial charge in [0.1, 0.15) is 0 Å². The lowest BCUT2D eigenvalue weighted by atomic mass is 9.69. The zero-order valence-electron chi connectivity index (χ0n) is 18.2. The highest BCUT2D eigenvalue weighted by Gasteiger charge is 2.46. The SMILES string of the molecule is CC1(C)CC(=O)C2=C(C1)N(c1ccccc1C(F)(F)F)C(=O)CC2c1ccc2c(c1)OCO2. The van der Waals surface area contributed by atoms with Crippen molar-refractivity contribution < 1.29 is 32.2 Å². The van der Waals surface area contributed by atoms with Crippen LogP contribution in [0.3, 0.4) is 0 Å². The molecule has 2 aromatic carbocycles. The normalized spacial score (nSPS) is 22.0. The molecule has 5 nitrogen and oxygen atoms in total. The Morgan fingerprint density at radius 3 is 2.48 bits per heavy atom. The summed E-state index contributed by atoms with van der Waals surface area (Å²) < 4.78 is 52.2. The number of Topliss-reactive ketones (excluding diaryl/α,β-unsaturated/α-hetero) is 1. The van der Waals surface area contributed by atoms with E-state index in [1.54, 1.807) is 18.2 Å². The second kappa shape index (κ2) is 7.37. The molecule has 2 heterocycles. The lowest BCUT2D eigenvalue weighted by Crippen LogP contribution is -2.44. The summed E-state index contributed by atoms with van der Waals surface area (Å²) in [7, 11) is 0. The summed E-state index contributed by atoms with van der Waals surface area (Å²) in [6.07, 6.45) is -4.18. The van der Waals surface area contributed by atoms with Crippen molar-refractivity contribution in [2.75, 3.05) is 11.7 Å². The van der Waals surface area contributed by atoms with Gasteiger partial charge in [-0.2, -0.15) is 13.2 Å². The number of alkyl halides is 3. The minimum atomic E-state index is -4.64. The molecule has 2 aliphatic heterocycles. The van der Waals surface area contributed by atoms with Crippen LogP contribution in [-0.2, 0) is 15.8 Å². The zero-order chi connectivity index (χ0) is 23.5. The second-order valence-electron chi connectivity index (χ2n) is 9.41. The van der Waals surface area contributed by atoms with Gasteiger partial charge in [0.25, 0.3) is 0 Å². The van der Waals surface area contributed by atoms with Gasteiger partial charge in [-0.05, 0) is 41.7 Å². The number of hydrogen-bond acceptors (Lipinski definition) is 4. The number of amides is 1. The van der Waals surface area contributed by atoms with Crippen LogP contribution in [0, 0.1) is 5.41 Å². The van der Waals surface area contributed by atoms with Crippen molar-refractivity contribution in [1.82, 2.24) is 0 Å². The number of para-hydroxylation sites is 1. The van der Waals surface area contributed by atoms with Gasteiger partial charge in [-0.1, -0.05) is 32.0 Å². The van der Waals surface area contributed by atoms with Crippen molar-refractivity contribution in [3.8, 4) is 11.5 Å². The lowest BCUT2D eigenvalue weighted by molar-refractivity contribution is -0.137. The molecule has 5 rings (SSSR count). The molecule has 1 amide bonds. The van der Waals surface area contributed by atoms with Crippen LogP contribution in [0.25, 0.3) is 0 Å². The molecule has 0 fully saturated rings. The van der Waals surface area contributed by atoms with Gasteiger partial charge in [0, 0.05) is 30.0 Å². The van der Waals surface area contributed by atoms with Gasteiger partial charge in [0.15, 0.2) is 17.3 Å². The van der Waals surface area contributed by atoms with E-state index in [1.165, 1.54) is 18.2 Å². The van der Waals surface area contributed by atoms with Crippen LogP contribution in [0.4, 0.5) is 18.9 Å². The van der Waals surface area contributed by atoms with Crippen LogP contribution in [-0.4, -0.2) is 18.5 Å². The number of rotatable bonds is 2. The first-order chi connectivity index (χ1) is 15.5. The van der Waals surface area contributed by atoms with Crippen molar-refractivity contribution in [2.24, 2.45) is 5.41 Å². The Hall–Kier alpha value is -3.29. The third-order valence-corrected chi connectivity index (χ3v) is 6.39. The predicted octanol–water partition coefficient (Wildman–Crippen LogP) is 5.60. The van der Waals surface area contributed by atoms with E-state index in [0.29, 0.717) is 34.8 Å². The molecule has 1 atom stereocenters. The van der Waals surface area contributed by atoms with Crippen LogP contribution in [0.15, 0.2) is 53.7 Å². The molecule has 1 aliphatic carbocycles. The average molecular weight is 457 g/mol. The van der Waals surface area contributed by atoms with Crippen LogP contribution in [0.2, 0.25) is 0 Å². The number of halogens is 3. The van der Waals surface area contributed by atoms with Crippen LogP contribution in [0.1, 0.15) is 50.2 Å². The van der Waals surface area contributed by atoms with Gasteiger partial charge in [0.2, 0.25) is 12.7 Å². The van der Waals surface area contributed by atoms with Gasteiger partial charge in [-0.3, -0.25) is 14.5 Å². The van der Waals surface area contributed by atoms with Crippen molar-refractivity contribution in [1.29, 1.82) is 0 Å². The second-order valence-corrected chi connectivity index (χ2v) is 9.41. The summed E-state index contributed by atoms with van der Waals surface area (Å²) >= 11 is 0. The number of carbonyl (C=O) groups excluding carboxylic acids is 2. The van der Waals surface area contributed by atoms with Gasteiger partial charge in [0.05, 0.1) is 11.3 Å². The Bertz CT molecular complexity index is 1200. The minimum absolute atomic E-state index is 0.0887. The molecule has 33 heavy (non-hydrogen) atoms. The molecule has 0 saturated carbocycles. The summed E-state index contributed by atoms with van der Waals surface area (Å²) in [6, 6.07) is 10.3. The largest absolute Gasteiger partial charge is 0.454 e. The maximum atomic E-state index is 13.8. The van der Waals surface area contributed by atoms with E-state index < -0.39 is 29.0 Å². The number of nitrogens with zero attached hydrogens (tertiary/aromatic N) is 1. The van der Waals surface area contributed by atoms with Crippen LogP contribution < -0.4 is 14.4 Å². The maximum Gasteiger partial charge on any atom is 0.418 e. The molecule has 0 N–H and O–H groups in total. The smallest absolute Gasteiger partial charge is 0.418 e. The van der Waals surface area contributed by atoms with Gasteiger partial charge in [-0.15, -0.1) is 0 Å². The third-order valence-electron chi connectivity index (χ3n) is 6.39. The maximum absolute atomic E-state index is 13.8. The molecule has 0 spiro atoms. The summed E-state index contributed by atoms with van der Waals surface area (Å²) in [6.45, 7) is 3.86. The first-order valence-corrected chi connectivity index (χ1v) is 10.7. The Balaban J connectivity index is 1.70. The number of benzene rings is 2. The summed E-state index contributed by atoms with van der Waals surface area (Å²) in [4.78, 5) is 27.9. The Labute approximate surface area is 188 Å². The third kappa shape index (κ3) is 3.67. The van der Waals surface area contributed by atoms with E-state index >= 15 is 0 Å². The summed E-state index contributed by atoms with van der Waals surface area (Å²) in [5.74, 6) is -0.0770. The molecule has 0 radical (unpaired) electrons. The van der Waals surface area contributed by atoms with Gasteiger partial charge < -0.3 is 9.47 Å². The molecule has 172 valence electrons. The van der Waals surface area contributed by atoms with Crippen LogP contribution >= 0.6 is 0 Å². The number of allylic oxidation sites excluding steroid dienone is 2. The zero-order valence-corrected chi connectivity index (χ0v) is 18.2. The highest BCUT2D eigenvalue weighted by molar-refractivity contribution is 6.08. The van der Waals surface area contributed by atoms with Crippen molar-refractivity contribution in [3.63, 3.8) is 0 Å². The van der Waals surface area contributed by atoms with Gasteiger partial charge in [-0.25, -0.2) is 0 Å². The molecular formula is C25H22F3NO4. The predicted molar refractivity (Wildman–Crippen MR) is 114 cm³/mol. The van der Waals surface area contributed by atoms with E-state index in [2.05, 4.69) is 0 Å². The quantitative estimate of drug-likeness (QED) is 0.589. The molecular weight excluding hydrogens is 435 g/mol. The first kappa shape index (κ1) is 21.6. The molecule has 2 aromatic rings. The highest BCUT2D eigenvalue weighted by Crippen LogP contribution is 2.50. The van der Waals surface area contributed by atoms with E-state index in [4.69, 9.17) is 9.47 Å². The fraction of sp³-hybridized carbons (Fsp3) is 0.360. The first-order valence-electron chi connectivity index (χ1n) is 10.7. The Kier molecular flexibility index (Phi) is 4.81. The lowest BCUT2D eigenvalue weighted by Gasteiger charge is -2.43. The molecule has 0 saturated heterocycles. The fourth-order valence-corrected chi connectivity index (χ4v) is 5.02. The van der Waals surface area contributed by atoms with Crippen molar-refractivity contribution in [3.05, 3.63) is 64.9 Å². The Morgan fingerprint density at radius 1 is 1.00 bits per heavy atom. The Morgan fingerprint density at radius 2 is 1.73 bits per heavy atom. The minimum Gasteiger partial charge on any atom is -0.454 e. The number of hydrogen-bond donors (Lipinski definition) is 0. The van der Waals surface area contributed by atoms with E-state index in [9.17, 15) is 22.8 Å². The number of ketones is 1. The average Bonchev–Trinajstić information content (AvgIpc) is 3.19.